The number of amides is 2. The van der Waals surface area contributed by atoms with Crippen molar-refractivity contribution in [2.24, 2.45) is 0 Å². The minimum absolute atomic E-state index is 0.0364. The summed E-state index contributed by atoms with van der Waals surface area (Å²) in [5, 5.41) is 17.6. The van der Waals surface area contributed by atoms with Crippen LogP contribution in [0.5, 0.6) is 5.88 Å². The van der Waals surface area contributed by atoms with Crippen molar-refractivity contribution in [1.29, 1.82) is 0 Å². The first-order valence-electron chi connectivity index (χ1n) is 11.7. The number of ether oxygens (including phenoxy) is 2. The zero-order valence-electron chi connectivity index (χ0n) is 19.4. The molecule has 1 unspecified atom stereocenters. The summed E-state index contributed by atoms with van der Waals surface area (Å²) in [7, 11) is 1.55. The fourth-order valence-corrected chi connectivity index (χ4v) is 4.27. The molecule has 1 atom stereocenters. The van der Waals surface area contributed by atoms with Gasteiger partial charge in [-0.25, -0.2) is 4.39 Å². The number of carbonyl (C=O) groups excluding carboxylic acids is 2. The van der Waals surface area contributed by atoms with Crippen LogP contribution in [0.1, 0.15) is 41.6 Å². The first kappa shape index (κ1) is 23.5. The second-order valence-corrected chi connectivity index (χ2v) is 9.37. The molecule has 2 saturated carbocycles. The van der Waals surface area contributed by atoms with Crippen LogP contribution in [-0.4, -0.2) is 87.2 Å². The van der Waals surface area contributed by atoms with E-state index in [1.54, 1.807) is 12.0 Å². The van der Waals surface area contributed by atoms with Crippen LogP contribution >= 0.6 is 0 Å². The molecule has 0 radical (unpaired) electrons. The van der Waals surface area contributed by atoms with Crippen molar-refractivity contribution in [3.8, 4) is 5.88 Å². The normalized spacial score (nSPS) is 21.5. The first-order chi connectivity index (χ1) is 16.8. The molecule has 3 aliphatic rings. The second-order valence-electron chi connectivity index (χ2n) is 9.37. The molecule has 2 aromatic rings. The number of aromatic hydroxyl groups is 1. The van der Waals surface area contributed by atoms with E-state index in [-0.39, 0.29) is 30.2 Å². The average molecular weight is 490 g/mol. The van der Waals surface area contributed by atoms with E-state index >= 15 is 0 Å². The van der Waals surface area contributed by atoms with Crippen LogP contribution in [0.2, 0.25) is 0 Å². The molecule has 1 saturated heterocycles. The van der Waals surface area contributed by atoms with Gasteiger partial charge in [0.25, 0.3) is 11.5 Å². The predicted octanol–water partition coefficient (Wildman–Crippen LogP) is 0.483. The SMILES string of the molecule is COCC1COCCN1C(=O)C=Cc1cnn2c(O)c(C(=O)NC3CC3)c(=O)n(CC3(F)CC3)c12. The maximum atomic E-state index is 14.8. The first-order valence-corrected chi connectivity index (χ1v) is 11.7. The highest BCUT2D eigenvalue weighted by molar-refractivity contribution is 5.97. The van der Waals surface area contributed by atoms with Gasteiger partial charge in [-0.15, -0.1) is 0 Å². The van der Waals surface area contributed by atoms with Gasteiger partial charge in [-0.3, -0.25) is 19.0 Å². The monoisotopic (exact) mass is 489 g/mol. The van der Waals surface area contributed by atoms with Crippen LogP contribution in [0.15, 0.2) is 17.1 Å². The number of nitrogens with zero attached hydrogens (tertiary/aromatic N) is 4. The van der Waals surface area contributed by atoms with Crippen LogP contribution in [0, 0.1) is 0 Å². The van der Waals surface area contributed by atoms with Gasteiger partial charge in [0.1, 0.15) is 11.3 Å². The van der Waals surface area contributed by atoms with Gasteiger partial charge in [-0.05, 0) is 31.8 Å². The highest BCUT2D eigenvalue weighted by Gasteiger charge is 2.45. The van der Waals surface area contributed by atoms with E-state index in [4.69, 9.17) is 9.47 Å². The highest BCUT2D eigenvalue weighted by atomic mass is 19.1. The number of aromatic nitrogens is 3. The molecule has 0 aromatic carbocycles. The standard InChI is InChI=1S/C23H28FN5O6/c1-34-11-16-12-35-9-8-27(16)17(30)5-2-14-10-25-29-20(14)28(13-23(24)6-7-23)21(32)18(22(29)33)19(31)26-15-3-4-15/h2,5,10,15-16,33H,3-4,6-9,11-13H2,1H3,(H,26,31). The molecule has 3 fully saturated rings. The molecule has 35 heavy (non-hydrogen) atoms. The highest BCUT2D eigenvalue weighted by Crippen LogP contribution is 2.41. The van der Waals surface area contributed by atoms with E-state index in [1.165, 1.54) is 18.3 Å². The number of alkyl halides is 1. The Morgan fingerprint density at radius 3 is 2.86 bits per heavy atom. The fourth-order valence-electron chi connectivity index (χ4n) is 4.27. The lowest BCUT2D eigenvalue weighted by atomic mass is 10.2. The van der Waals surface area contributed by atoms with E-state index in [0.717, 1.165) is 21.9 Å². The molecule has 5 rings (SSSR count). The van der Waals surface area contributed by atoms with Gasteiger partial charge in [0.2, 0.25) is 11.8 Å². The summed E-state index contributed by atoms with van der Waals surface area (Å²) in [6.07, 6.45) is 6.37. The molecular formula is C23H28FN5O6. The Bertz CT molecular complexity index is 1240. The topological polar surface area (TPSA) is 127 Å². The third-order valence-electron chi connectivity index (χ3n) is 6.56. The lowest BCUT2D eigenvalue weighted by molar-refractivity contribution is -0.136. The molecule has 188 valence electrons. The molecule has 1 aliphatic heterocycles. The number of nitrogens with one attached hydrogen (secondary N) is 1. The third kappa shape index (κ3) is 4.67. The molecule has 2 aromatic heterocycles. The fraction of sp³-hybridized carbons (Fsp3) is 0.565. The van der Waals surface area contributed by atoms with Crippen LogP contribution in [0.4, 0.5) is 4.39 Å². The molecule has 11 nitrogen and oxygen atoms in total. The number of rotatable bonds is 8. The lowest BCUT2D eigenvalue weighted by Gasteiger charge is -2.34. The number of fused-ring (bicyclic) bond motifs is 1. The number of carbonyl (C=O) groups is 2. The molecule has 3 heterocycles. The Hall–Kier alpha value is -3.25. The molecule has 0 spiro atoms. The van der Waals surface area contributed by atoms with Crippen molar-refractivity contribution in [2.45, 2.75) is 50.0 Å². The van der Waals surface area contributed by atoms with E-state index in [9.17, 15) is 23.9 Å². The predicted molar refractivity (Wildman–Crippen MR) is 122 cm³/mol. The van der Waals surface area contributed by atoms with E-state index in [2.05, 4.69) is 10.4 Å². The van der Waals surface area contributed by atoms with Gasteiger partial charge in [-0.2, -0.15) is 9.61 Å². The summed E-state index contributed by atoms with van der Waals surface area (Å²) in [6, 6.07) is -0.267. The Labute approximate surface area is 200 Å². The van der Waals surface area contributed by atoms with Gasteiger partial charge in [0, 0.05) is 31.3 Å². The van der Waals surface area contributed by atoms with Crippen LogP contribution in [0.3, 0.4) is 0 Å². The summed E-state index contributed by atoms with van der Waals surface area (Å²) >= 11 is 0. The zero-order chi connectivity index (χ0) is 24.7. The van der Waals surface area contributed by atoms with Crippen molar-refractivity contribution < 1.29 is 28.6 Å². The summed E-state index contributed by atoms with van der Waals surface area (Å²) in [4.78, 5) is 40.5. The van der Waals surface area contributed by atoms with Crippen molar-refractivity contribution in [2.75, 3.05) is 33.5 Å². The van der Waals surface area contributed by atoms with Crippen molar-refractivity contribution in [3.63, 3.8) is 0 Å². The summed E-state index contributed by atoms with van der Waals surface area (Å²) in [5.74, 6) is -1.62. The van der Waals surface area contributed by atoms with E-state index in [0.29, 0.717) is 44.8 Å². The molecule has 0 bridgehead atoms. The number of halogens is 1. The molecule has 2 N–H and O–H groups in total. The Balaban J connectivity index is 1.52. The van der Waals surface area contributed by atoms with Gasteiger partial charge < -0.3 is 24.8 Å². The minimum atomic E-state index is -1.56. The van der Waals surface area contributed by atoms with Crippen LogP contribution in [-0.2, 0) is 20.8 Å². The van der Waals surface area contributed by atoms with E-state index < -0.39 is 28.6 Å². The molecule has 2 amide bonds. The minimum Gasteiger partial charge on any atom is -0.492 e. The number of hydrogen-bond donors (Lipinski definition) is 2. The third-order valence-corrected chi connectivity index (χ3v) is 6.56. The maximum absolute atomic E-state index is 14.8. The van der Waals surface area contributed by atoms with Gasteiger partial charge in [0.15, 0.2) is 5.56 Å². The Kier molecular flexibility index (Phi) is 6.09. The van der Waals surface area contributed by atoms with Crippen molar-refractivity contribution in [1.82, 2.24) is 24.4 Å². The van der Waals surface area contributed by atoms with Gasteiger partial charge in [-0.1, -0.05) is 0 Å². The van der Waals surface area contributed by atoms with Gasteiger partial charge in [0.05, 0.1) is 38.6 Å². The molecule has 2 aliphatic carbocycles. The smallest absolute Gasteiger partial charge is 0.270 e. The van der Waals surface area contributed by atoms with Crippen molar-refractivity contribution >= 4 is 23.5 Å². The Morgan fingerprint density at radius 2 is 2.17 bits per heavy atom. The van der Waals surface area contributed by atoms with E-state index in [1.807, 2.05) is 0 Å². The largest absolute Gasteiger partial charge is 0.492 e. The molecular weight excluding hydrogens is 461 g/mol. The number of methoxy groups -OCH3 is 1. The quantitative estimate of drug-likeness (QED) is 0.517. The van der Waals surface area contributed by atoms with Crippen LogP contribution < -0.4 is 10.9 Å². The second kappa shape index (κ2) is 9.08. The average Bonchev–Trinajstić information content (AvgIpc) is 3.75. The molecule has 12 heteroatoms. The maximum Gasteiger partial charge on any atom is 0.270 e. The summed E-state index contributed by atoms with van der Waals surface area (Å²) in [6.45, 7) is 1.23. The van der Waals surface area contributed by atoms with Gasteiger partial charge >= 0.3 is 0 Å². The zero-order valence-corrected chi connectivity index (χ0v) is 19.4. The number of hydrogen-bond acceptors (Lipinski definition) is 7. The summed E-state index contributed by atoms with van der Waals surface area (Å²) in [5.41, 5.74) is -2.39. The van der Waals surface area contributed by atoms with Crippen molar-refractivity contribution in [3.05, 3.63) is 33.8 Å². The lowest BCUT2D eigenvalue weighted by Crippen LogP contribution is -2.50. The van der Waals surface area contributed by atoms with Crippen LogP contribution in [0.25, 0.3) is 11.7 Å². The number of morpholine rings is 1. The summed E-state index contributed by atoms with van der Waals surface area (Å²) < 4.78 is 27.6. The Morgan fingerprint density at radius 1 is 1.40 bits per heavy atom.